The summed E-state index contributed by atoms with van der Waals surface area (Å²) in [7, 11) is 0. The third-order valence-electron chi connectivity index (χ3n) is 2.44. The van der Waals surface area contributed by atoms with Gasteiger partial charge >= 0.3 is 5.97 Å². The number of hydrogen-bond donors (Lipinski definition) is 1. The third-order valence-corrected chi connectivity index (χ3v) is 2.44. The Morgan fingerprint density at radius 1 is 1.69 bits per heavy atom. The van der Waals surface area contributed by atoms with E-state index in [1.54, 1.807) is 19.2 Å². The van der Waals surface area contributed by atoms with Gasteiger partial charge in [0, 0.05) is 12.7 Å². The normalized spacial score (nSPS) is 18.6. The Kier molecular flexibility index (Phi) is 2.85. The number of hydrogen-bond acceptors (Lipinski definition) is 4. The molecular formula is C11H12N2O3. The van der Waals surface area contributed by atoms with E-state index in [1.807, 2.05) is 6.07 Å². The fraction of sp³-hybridized carbons (Fsp3) is 0.364. The van der Waals surface area contributed by atoms with Crippen LogP contribution in [0.3, 0.4) is 0 Å². The minimum Gasteiger partial charge on any atom is -0.465 e. The highest BCUT2D eigenvalue weighted by Gasteiger charge is 2.35. The van der Waals surface area contributed by atoms with Crippen LogP contribution in [0.1, 0.15) is 24.1 Å². The zero-order valence-electron chi connectivity index (χ0n) is 8.90. The van der Waals surface area contributed by atoms with Crippen LogP contribution in [0.4, 0.5) is 0 Å². The predicted octanol–water partition coefficient (Wildman–Crippen LogP) is 0.358. The minimum atomic E-state index is -0.926. The van der Waals surface area contributed by atoms with Crippen molar-refractivity contribution in [2.24, 2.45) is 0 Å². The molecule has 16 heavy (non-hydrogen) atoms. The molecule has 2 heterocycles. The SMILES string of the molecule is CCOC(=O)[C@H]1C(=O)NCc2cccnc21. The van der Waals surface area contributed by atoms with Gasteiger partial charge in [0.15, 0.2) is 5.92 Å². The molecule has 0 aliphatic carbocycles. The minimum absolute atomic E-state index is 0.255. The molecule has 0 spiro atoms. The van der Waals surface area contributed by atoms with Crippen LogP contribution in [-0.4, -0.2) is 23.5 Å². The molecule has 0 aromatic carbocycles. The highest BCUT2D eigenvalue weighted by atomic mass is 16.5. The maximum atomic E-state index is 11.6. The Balaban J connectivity index is 2.37. The zero-order valence-corrected chi connectivity index (χ0v) is 8.90. The number of amides is 1. The largest absolute Gasteiger partial charge is 0.465 e. The van der Waals surface area contributed by atoms with Crippen molar-refractivity contribution in [1.82, 2.24) is 10.3 Å². The van der Waals surface area contributed by atoms with E-state index < -0.39 is 11.9 Å². The number of nitrogens with zero attached hydrogens (tertiary/aromatic N) is 1. The molecule has 84 valence electrons. The number of carbonyl (C=O) groups excluding carboxylic acids is 2. The van der Waals surface area contributed by atoms with Gasteiger partial charge in [-0.25, -0.2) is 0 Å². The first-order valence-corrected chi connectivity index (χ1v) is 5.12. The molecule has 5 heteroatoms. The summed E-state index contributed by atoms with van der Waals surface area (Å²) in [6.45, 7) is 2.38. The van der Waals surface area contributed by atoms with E-state index in [9.17, 15) is 9.59 Å². The van der Waals surface area contributed by atoms with Crippen LogP contribution < -0.4 is 5.32 Å². The van der Waals surface area contributed by atoms with E-state index >= 15 is 0 Å². The molecule has 1 N–H and O–H groups in total. The standard InChI is InChI=1S/C11H12N2O3/c1-2-16-11(15)8-9-7(4-3-5-12-9)6-13-10(8)14/h3-5,8H,2,6H2,1H3,(H,13,14)/t8-/m1/s1. The van der Waals surface area contributed by atoms with Gasteiger partial charge in [0.1, 0.15) is 0 Å². The molecule has 0 unspecified atom stereocenters. The molecule has 1 atom stereocenters. The molecule has 5 nitrogen and oxygen atoms in total. The van der Waals surface area contributed by atoms with Crippen LogP contribution in [0.25, 0.3) is 0 Å². The fourth-order valence-electron chi connectivity index (χ4n) is 1.71. The van der Waals surface area contributed by atoms with Gasteiger partial charge in [-0.05, 0) is 18.6 Å². The number of rotatable bonds is 2. The van der Waals surface area contributed by atoms with Crippen molar-refractivity contribution in [1.29, 1.82) is 0 Å². The van der Waals surface area contributed by atoms with E-state index in [2.05, 4.69) is 10.3 Å². The molecule has 1 amide bonds. The predicted molar refractivity (Wildman–Crippen MR) is 55.5 cm³/mol. The first-order valence-electron chi connectivity index (χ1n) is 5.12. The lowest BCUT2D eigenvalue weighted by atomic mass is 9.95. The van der Waals surface area contributed by atoms with Gasteiger partial charge < -0.3 is 10.1 Å². The van der Waals surface area contributed by atoms with Gasteiger partial charge in [0.2, 0.25) is 5.91 Å². The van der Waals surface area contributed by atoms with E-state index in [0.717, 1.165) is 5.56 Å². The third kappa shape index (κ3) is 1.76. The second-order valence-electron chi connectivity index (χ2n) is 3.45. The topological polar surface area (TPSA) is 68.3 Å². The zero-order chi connectivity index (χ0) is 11.5. The highest BCUT2D eigenvalue weighted by Crippen LogP contribution is 2.23. The number of aromatic nitrogens is 1. The van der Waals surface area contributed by atoms with Gasteiger partial charge in [-0.2, -0.15) is 0 Å². The van der Waals surface area contributed by atoms with Gasteiger partial charge in [-0.1, -0.05) is 6.07 Å². The number of ether oxygens (including phenoxy) is 1. The monoisotopic (exact) mass is 220 g/mol. The first-order chi connectivity index (χ1) is 7.74. The van der Waals surface area contributed by atoms with Crippen LogP contribution in [-0.2, 0) is 20.9 Å². The Hall–Kier alpha value is -1.91. The van der Waals surface area contributed by atoms with E-state index in [-0.39, 0.29) is 12.5 Å². The number of fused-ring (bicyclic) bond motifs is 1. The van der Waals surface area contributed by atoms with Crippen LogP contribution in [0.15, 0.2) is 18.3 Å². The molecule has 0 radical (unpaired) electrons. The molecule has 1 aromatic heterocycles. The average molecular weight is 220 g/mol. The molecule has 1 aliphatic heterocycles. The summed E-state index contributed by atoms with van der Waals surface area (Å²) in [6, 6.07) is 3.62. The lowest BCUT2D eigenvalue weighted by Gasteiger charge is -2.22. The summed E-state index contributed by atoms with van der Waals surface area (Å²) in [5.74, 6) is -1.81. The van der Waals surface area contributed by atoms with Crippen molar-refractivity contribution in [3.05, 3.63) is 29.6 Å². The number of nitrogens with one attached hydrogen (secondary N) is 1. The quantitative estimate of drug-likeness (QED) is 0.577. The maximum Gasteiger partial charge on any atom is 0.324 e. The lowest BCUT2D eigenvalue weighted by Crippen LogP contribution is -2.39. The summed E-state index contributed by atoms with van der Waals surface area (Å²) >= 11 is 0. The molecular weight excluding hydrogens is 208 g/mol. The Bertz CT molecular complexity index is 431. The Morgan fingerprint density at radius 2 is 2.50 bits per heavy atom. The van der Waals surface area contributed by atoms with Crippen molar-refractivity contribution >= 4 is 11.9 Å². The summed E-state index contributed by atoms with van der Waals surface area (Å²) in [6.07, 6.45) is 1.57. The van der Waals surface area contributed by atoms with Gasteiger partial charge in [-0.3, -0.25) is 14.6 Å². The molecule has 0 bridgehead atoms. The lowest BCUT2D eigenvalue weighted by molar-refractivity contribution is -0.148. The highest BCUT2D eigenvalue weighted by molar-refractivity contribution is 6.04. The van der Waals surface area contributed by atoms with Crippen molar-refractivity contribution in [3.63, 3.8) is 0 Å². The molecule has 0 saturated carbocycles. The van der Waals surface area contributed by atoms with Gasteiger partial charge in [-0.15, -0.1) is 0 Å². The van der Waals surface area contributed by atoms with Crippen molar-refractivity contribution < 1.29 is 14.3 Å². The average Bonchev–Trinajstić information content (AvgIpc) is 2.29. The van der Waals surface area contributed by atoms with Crippen LogP contribution in [0.5, 0.6) is 0 Å². The summed E-state index contributed by atoms with van der Waals surface area (Å²) in [4.78, 5) is 27.4. The Morgan fingerprint density at radius 3 is 3.25 bits per heavy atom. The Labute approximate surface area is 92.8 Å². The summed E-state index contributed by atoms with van der Waals surface area (Å²) < 4.78 is 4.87. The van der Waals surface area contributed by atoms with Crippen LogP contribution >= 0.6 is 0 Å². The summed E-state index contributed by atoms with van der Waals surface area (Å²) in [5.41, 5.74) is 1.37. The van der Waals surface area contributed by atoms with Crippen molar-refractivity contribution in [3.8, 4) is 0 Å². The molecule has 1 aliphatic rings. The van der Waals surface area contributed by atoms with Crippen LogP contribution in [0.2, 0.25) is 0 Å². The fourth-order valence-corrected chi connectivity index (χ4v) is 1.71. The number of pyridine rings is 1. The van der Waals surface area contributed by atoms with E-state index in [1.165, 1.54) is 0 Å². The smallest absolute Gasteiger partial charge is 0.324 e. The van der Waals surface area contributed by atoms with Crippen molar-refractivity contribution in [2.45, 2.75) is 19.4 Å². The molecule has 1 aromatic rings. The van der Waals surface area contributed by atoms with E-state index in [4.69, 9.17) is 4.74 Å². The first kappa shape index (κ1) is 10.6. The number of carbonyl (C=O) groups is 2. The number of esters is 1. The molecule has 0 fully saturated rings. The molecule has 2 rings (SSSR count). The van der Waals surface area contributed by atoms with Gasteiger partial charge in [0.25, 0.3) is 0 Å². The van der Waals surface area contributed by atoms with Crippen molar-refractivity contribution in [2.75, 3.05) is 6.61 Å². The van der Waals surface area contributed by atoms with Gasteiger partial charge in [0.05, 0.1) is 12.3 Å². The van der Waals surface area contributed by atoms with Crippen LogP contribution in [0, 0.1) is 0 Å². The summed E-state index contributed by atoms with van der Waals surface area (Å²) in [5, 5.41) is 2.65. The second kappa shape index (κ2) is 4.30. The van der Waals surface area contributed by atoms with E-state index in [0.29, 0.717) is 12.2 Å². The molecule has 0 saturated heterocycles. The second-order valence-corrected chi connectivity index (χ2v) is 3.45. The maximum absolute atomic E-state index is 11.6.